The van der Waals surface area contributed by atoms with E-state index in [0.29, 0.717) is 12.6 Å². The lowest BCUT2D eigenvalue weighted by atomic mass is 10.2. The highest BCUT2D eigenvalue weighted by Crippen LogP contribution is 2.22. The Labute approximate surface area is 106 Å². The van der Waals surface area contributed by atoms with Crippen molar-refractivity contribution in [3.8, 4) is 0 Å². The summed E-state index contributed by atoms with van der Waals surface area (Å²) < 4.78 is 5.13. The van der Waals surface area contributed by atoms with Gasteiger partial charge in [0.15, 0.2) is 0 Å². The van der Waals surface area contributed by atoms with Crippen molar-refractivity contribution in [3.05, 3.63) is 16.3 Å². The van der Waals surface area contributed by atoms with E-state index < -0.39 is 0 Å². The van der Waals surface area contributed by atoms with Gasteiger partial charge in [0.05, 0.1) is 12.3 Å². The minimum Gasteiger partial charge on any atom is -0.383 e. The van der Waals surface area contributed by atoms with Gasteiger partial charge in [-0.15, -0.1) is 11.3 Å². The van der Waals surface area contributed by atoms with Crippen LogP contribution in [0.3, 0.4) is 0 Å². The second-order valence-corrected chi connectivity index (χ2v) is 4.88. The molecule has 0 aliphatic heterocycles. The number of methoxy groups -OCH3 is 1. The minimum absolute atomic E-state index is 0.0337. The van der Waals surface area contributed by atoms with Crippen molar-refractivity contribution >= 4 is 22.9 Å². The summed E-state index contributed by atoms with van der Waals surface area (Å²) in [6, 6.07) is 2.28. The number of hydrogen-bond donors (Lipinski definition) is 2. The van der Waals surface area contributed by atoms with Gasteiger partial charge in [0.1, 0.15) is 0 Å². The number of ether oxygens (including phenoxy) is 1. The van der Waals surface area contributed by atoms with Gasteiger partial charge in [-0.1, -0.05) is 6.92 Å². The molecule has 4 nitrogen and oxygen atoms in total. The Hall–Kier alpha value is -0.910. The summed E-state index contributed by atoms with van der Waals surface area (Å²) in [5, 5.41) is 8.23. The van der Waals surface area contributed by atoms with Crippen LogP contribution in [0.5, 0.6) is 0 Å². The second-order valence-electron chi connectivity index (χ2n) is 3.88. The van der Waals surface area contributed by atoms with Crippen LogP contribution in [0.15, 0.2) is 11.4 Å². The Kier molecular flexibility index (Phi) is 6.18. The lowest BCUT2D eigenvalue weighted by molar-refractivity contribution is -0.114. The van der Waals surface area contributed by atoms with Gasteiger partial charge in [0, 0.05) is 31.5 Å². The minimum atomic E-state index is -0.0337. The highest BCUT2D eigenvalue weighted by atomic mass is 32.1. The second kappa shape index (κ2) is 7.42. The lowest BCUT2D eigenvalue weighted by Crippen LogP contribution is -2.32. The molecule has 1 unspecified atom stereocenters. The zero-order valence-electron chi connectivity index (χ0n) is 10.6. The van der Waals surface area contributed by atoms with Crippen molar-refractivity contribution < 1.29 is 9.53 Å². The molecule has 96 valence electrons. The molecule has 2 N–H and O–H groups in total. The van der Waals surface area contributed by atoms with E-state index in [4.69, 9.17) is 4.74 Å². The number of hydrogen-bond acceptors (Lipinski definition) is 4. The van der Waals surface area contributed by atoms with Gasteiger partial charge in [0.25, 0.3) is 0 Å². The Morgan fingerprint density at radius 2 is 2.35 bits per heavy atom. The van der Waals surface area contributed by atoms with E-state index in [0.717, 1.165) is 23.5 Å². The van der Waals surface area contributed by atoms with Crippen LogP contribution in [0.1, 0.15) is 25.1 Å². The molecule has 1 heterocycles. The number of amides is 1. The molecule has 1 aromatic rings. The Morgan fingerprint density at radius 3 is 2.94 bits per heavy atom. The van der Waals surface area contributed by atoms with Gasteiger partial charge in [-0.05, 0) is 17.9 Å². The Bertz CT molecular complexity index is 352. The molecule has 0 saturated heterocycles. The molecule has 1 amide bonds. The van der Waals surface area contributed by atoms with Gasteiger partial charge in [-0.2, -0.15) is 0 Å². The monoisotopic (exact) mass is 256 g/mol. The average molecular weight is 256 g/mol. The molecule has 17 heavy (non-hydrogen) atoms. The van der Waals surface area contributed by atoms with Gasteiger partial charge in [-0.25, -0.2) is 0 Å². The van der Waals surface area contributed by atoms with E-state index in [2.05, 4.69) is 17.6 Å². The maximum atomic E-state index is 11.0. The summed E-state index contributed by atoms with van der Waals surface area (Å²) >= 11 is 1.64. The predicted octanol–water partition coefficient (Wildman–Crippen LogP) is 2.22. The molecule has 0 spiro atoms. The van der Waals surface area contributed by atoms with Crippen molar-refractivity contribution in [3.63, 3.8) is 0 Å². The summed E-state index contributed by atoms with van der Waals surface area (Å²) in [6.07, 6.45) is 1.02. The van der Waals surface area contributed by atoms with Crippen molar-refractivity contribution in [1.29, 1.82) is 0 Å². The number of carbonyl (C=O) groups is 1. The molecule has 0 fully saturated rings. The SMILES string of the molecule is CCC(COC)NCc1sccc1NC(C)=O. The maximum absolute atomic E-state index is 11.0. The fraction of sp³-hybridized carbons (Fsp3) is 0.583. The van der Waals surface area contributed by atoms with Crippen LogP contribution in [0.25, 0.3) is 0 Å². The van der Waals surface area contributed by atoms with Crippen molar-refractivity contribution in [1.82, 2.24) is 5.32 Å². The van der Waals surface area contributed by atoms with Crippen LogP contribution in [-0.4, -0.2) is 25.7 Å². The number of thiophene rings is 1. The molecular formula is C12H20N2O2S. The first-order valence-electron chi connectivity index (χ1n) is 5.73. The normalized spacial score (nSPS) is 12.4. The van der Waals surface area contributed by atoms with Crippen LogP contribution in [0.4, 0.5) is 5.69 Å². The number of nitrogens with one attached hydrogen (secondary N) is 2. The fourth-order valence-corrected chi connectivity index (χ4v) is 2.32. The van der Waals surface area contributed by atoms with Crippen molar-refractivity contribution in [2.45, 2.75) is 32.9 Å². The topological polar surface area (TPSA) is 50.4 Å². The summed E-state index contributed by atoms with van der Waals surface area (Å²) in [7, 11) is 1.71. The van der Waals surface area contributed by atoms with Crippen LogP contribution < -0.4 is 10.6 Å². The Balaban J connectivity index is 2.50. The summed E-state index contributed by atoms with van der Waals surface area (Å²) in [5.41, 5.74) is 0.905. The molecule has 1 aromatic heterocycles. The predicted molar refractivity (Wildman–Crippen MR) is 71.4 cm³/mol. The first kappa shape index (κ1) is 14.2. The molecule has 5 heteroatoms. The van der Waals surface area contributed by atoms with Gasteiger partial charge < -0.3 is 15.4 Å². The molecule has 0 bridgehead atoms. The van der Waals surface area contributed by atoms with Crippen molar-refractivity contribution in [2.24, 2.45) is 0 Å². The van der Waals surface area contributed by atoms with Crippen LogP contribution >= 0.6 is 11.3 Å². The van der Waals surface area contributed by atoms with E-state index >= 15 is 0 Å². The molecule has 1 atom stereocenters. The number of anilines is 1. The fourth-order valence-electron chi connectivity index (χ4n) is 1.54. The van der Waals surface area contributed by atoms with Gasteiger partial charge >= 0.3 is 0 Å². The van der Waals surface area contributed by atoms with E-state index in [-0.39, 0.29) is 5.91 Å². The molecule has 0 aromatic carbocycles. The molecule has 0 aliphatic rings. The summed E-state index contributed by atoms with van der Waals surface area (Å²) in [5.74, 6) is -0.0337. The third kappa shape index (κ3) is 4.85. The number of rotatable bonds is 7. The van der Waals surface area contributed by atoms with Crippen molar-refractivity contribution in [2.75, 3.05) is 19.0 Å². The third-order valence-corrected chi connectivity index (χ3v) is 3.39. The third-order valence-electron chi connectivity index (χ3n) is 2.47. The molecule has 1 rings (SSSR count). The van der Waals surface area contributed by atoms with Crippen LogP contribution in [-0.2, 0) is 16.1 Å². The maximum Gasteiger partial charge on any atom is 0.221 e. The smallest absolute Gasteiger partial charge is 0.221 e. The standard InChI is InChI=1S/C12H20N2O2S/c1-4-10(8-16-3)13-7-12-11(5-6-17-12)14-9(2)15/h5-6,10,13H,4,7-8H2,1-3H3,(H,14,15). The van der Waals surface area contributed by atoms with Crippen LogP contribution in [0.2, 0.25) is 0 Å². The summed E-state index contributed by atoms with van der Waals surface area (Å²) in [4.78, 5) is 12.2. The summed E-state index contributed by atoms with van der Waals surface area (Å²) in [6.45, 7) is 5.11. The highest BCUT2D eigenvalue weighted by molar-refractivity contribution is 7.10. The van der Waals surface area contributed by atoms with E-state index in [1.165, 1.54) is 6.92 Å². The highest BCUT2D eigenvalue weighted by Gasteiger charge is 2.09. The van der Waals surface area contributed by atoms with E-state index in [9.17, 15) is 4.79 Å². The number of carbonyl (C=O) groups excluding carboxylic acids is 1. The molecule has 0 saturated carbocycles. The largest absolute Gasteiger partial charge is 0.383 e. The first-order chi connectivity index (χ1) is 8.17. The zero-order valence-corrected chi connectivity index (χ0v) is 11.4. The van der Waals surface area contributed by atoms with E-state index in [1.54, 1.807) is 18.4 Å². The van der Waals surface area contributed by atoms with Crippen LogP contribution in [0, 0.1) is 0 Å². The molecular weight excluding hydrogens is 236 g/mol. The quantitative estimate of drug-likeness (QED) is 0.786. The van der Waals surface area contributed by atoms with Gasteiger partial charge in [-0.3, -0.25) is 4.79 Å². The Morgan fingerprint density at radius 1 is 1.59 bits per heavy atom. The van der Waals surface area contributed by atoms with E-state index in [1.807, 2.05) is 11.4 Å². The molecule has 0 radical (unpaired) electrons. The van der Waals surface area contributed by atoms with Gasteiger partial charge in [0.2, 0.25) is 5.91 Å². The molecule has 0 aliphatic carbocycles. The lowest BCUT2D eigenvalue weighted by Gasteiger charge is -2.15. The average Bonchev–Trinajstić information content (AvgIpc) is 2.71. The zero-order chi connectivity index (χ0) is 12.7. The first-order valence-corrected chi connectivity index (χ1v) is 6.61.